The lowest BCUT2D eigenvalue weighted by atomic mass is 9.92. The van der Waals surface area contributed by atoms with Crippen molar-refractivity contribution < 1.29 is 18.7 Å². The van der Waals surface area contributed by atoms with Crippen LogP contribution in [0.2, 0.25) is 5.02 Å². The Balaban J connectivity index is 1.31. The van der Waals surface area contributed by atoms with E-state index >= 15 is 0 Å². The van der Waals surface area contributed by atoms with Crippen LogP contribution in [0.15, 0.2) is 66.7 Å². The van der Waals surface area contributed by atoms with Crippen LogP contribution in [0.3, 0.4) is 0 Å². The molecule has 2 heterocycles. The largest absolute Gasteiger partial charge is 0.494 e. The number of aromatic amines is 1. The predicted molar refractivity (Wildman–Crippen MR) is 162 cm³/mol. The lowest BCUT2D eigenvalue weighted by Gasteiger charge is -2.35. The zero-order valence-electron chi connectivity index (χ0n) is 23.6. The minimum absolute atomic E-state index is 0.296. The number of H-pyrrole nitrogens is 1. The Bertz CT molecular complexity index is 1450. The highest BCUT2D eigenvalue weighted by Gasteiger charge is 2.35. The number of hydrogen-bond donors (Lipinski definition) is 2. The molecular formula is C33H37ClFN3O3. The Morgan fingerprint density at radius 1 is 1.02 bits per heavy atom. The van der Waals surface area contributed by atoms with Gasteiger partial charge in [0.2, 0.25) is 0 Å². The third kappa shape index (κ3) is 7.21. The van der Waals surface area contributed by atoms with Gasteiger partial charge in [0.15, 0.2) is 0 Å². The smallest absolute Gasteiger partial charge is 0.416 e. The van der Waals surface area contributed by atoms with E-state index in [1.54, 1.807) is 4.90 Å². The number of halogens is 2. The zero-order chi connectivity index (χ0) is 28.8. The first-order chi connectivity index (χ1) is 19.9. The quantitative estimate of drug-likeness (QED) is 0.177. The van der Waals surface area contributed by atoms with Crippen LogP contribution in [0.5, 0.6) is 11.5 Å². The maximum absolute atomic E-state index is 13.4. The summed E-state index contributed by atoms with van der Waals surface area (Å²) in [7, 11) is 0. The van der Waals surface area contributed by atoms with Crippen molar-refractivity contribution in [3.8, 4) is 11.5 Å². The van der Waals surface area contributed by atoms with E-state index in [-0.39, 0.29) is 5.82 Å². The summed E-state index contributed by atoms with van der Waals surface area (Å²) < 4.78 is 25.1. The van der Waals surface area contributed by atoms with Crippen molar-refractivity contribution in [3.63, 3.8) is 0 Å². The molecule has 8 heteroatoms. The zero-order valence-corrected chi connectivity index (χ0v) is 24.3. The molecule has 0 saturated carbocycles. The fourth-order valence-corrected chi connectivity index (χ4v) is 5.55. The van der Waals surface area contributed by atoms with E-state index < -0.39 is 12.1 Å². The standard InChI is InChI=1S/C33H37ClFN3O3/c1-22(2)36-18-5-3-4-6-20-40-26-12-7-23(8-13-26)32-31-28(29-21-24(34)9-16-30(29)37-31)17-19-38(32)33(39)41-27-14-10-25(35)11-15-27/h7-16,21-22,32,36-37H,3-6,17-20H2,1-2H3. The number of rotatable bonds is 11. The summed E-state index contributed by atoms with van der Waals surface area (Å²) in [6.07, 6.45) is 4.67. The molecule has 216 valence electrons. The number of fused-ring (bicyclic) bond motifs is 3. The maximum Gasteiger partial charge on any atom is 0.416 e. The van der Waals surface area contributed by atoms with Gasteiger partial charge in [0, 0.05) is 34.2 Å². The molecule has 0 radical (unpaired) electrons. The van der Waals surface area contributed by atoms with E-state index in [0.29, 0.717) is 36.4 Å². The number of aromatic nitrogens is 1. The number of benzene rings is 3. The van der Waals surface area contributed by atoms with Crippen LogP contribution in [-0.2, 0) is 6.42 Å². The Hall–Kier alpha value is -3.55. The highest BCUT2D eigenvalue weighted by molar-refractivity contribution is 6.31. The molecule has 0 saturated heterocycles. The molecule has 4 aromatic rings. The SMILES string of the molecule is CC(C)NCCCCCCOc1ccc(C2c3[nH]c4ccc(Cl)cc4c3CCN2C(=O)Oc2ccc(F)cc2)cc1. The third-order valence-corrected chi connectivity index (χ3v) is 7.67. The van der Waals surface area contributed by atoms with Gasteiger partial charge in [-0.1, -0.05) is 50.4 Å². The molecule has 2 N–H and O–H groups in total. The van der Waals surface area contributed by atoms with Crippen molar-refractivity contribution in [2.24, 2.45) is 0 Å². The summed E-state index contributed by atoms with van der Waals surface area (Å²) in [5.74, 6) is 0.711. The first-order valence-corrected chi connectivity index (χ1v) is 14.8. The fourth-order valence-electron chi connectivity index (χ4n) is 5.37. The van der Waals surface area contributed by atoms with Crippen LogP contribution in [-0.4, -0.2) is 41.7 Å². The minimum Gasteiger partial charge on any atom is -0.494 e. The Kier molecular flexibility index (Phi) is 9.47. The number of nitrogens with zero attached hydrogens (tertiary/aromatic N) is 1. The molecule has 3 aromatic carbocycles. The molecule has 1 unspecified atom stereocenters. The Morgan fingerprint density at radius 3 is 2.51 bits per heavy atom. The second-order valence-electron chi connectivity index (χ2n) is 10.8. The van der Waals surface area contributed by atoms with Crippen LogP contribution >= 0.6 is 11.6 Å². The van der Waals surface area contributed by atoms with Crippen molar-refractivity contribution in [3.05, 3.63) is 94.4 Å². The molecule has 0 aliphatic carbocycles. The van der Waals surface area contributed by atoms with Crippen LogP contribution in [0.4, 0.5) is 9.18 Å². The molecular weight excluding hydrogens is 541 g/mol. The average molecular weight is 578 g/mol. The van der Waals surface area contributed by atoms with Gasteiger partial charge in [-0.05, 0) is 91.5 Å². The van der Waals surface area contributed by atoms with Gasteiger partial charge in [-0.15, -0.1) is 0 Å². The van der Waals surface area contributed by atoms with Crippen LogP contribution < -0.4 is 14.8 Å². The minimum atomic E-state index is -0.493. The number of amides is 1. The summed E-state index contributed by atoms with van der Waals surface area (Å²) in [6, 6.07) is 19.3. The summed E-state index contributed by atoms with van der Waals surface area (Å²) in [5, 5.41) is 5.18. The summed E-state index contributed by atoms with van der Waals surface area (Å²) in [4.78, 5) is 18.7. The van der Waals surface area contributed by atoms with Gasteiger partial charge in [-0.2, -0.15) is 0 Å². The number of hydrogen-bond acceptors (Lipinski definition) is 4. The molecule has 0 fully saturated rings. The highest BCUT2D eigenvalue weighted by Crippen LogP contribution is 2.40. The molecule has 1 atom stereocenters. The maximum atomic E-state index is 13.4. The molecule has 0 spiro atoms. The van der Waals surface area contributed by atoms with Crippen molar-refractivity contribution in [2.45, 2.75) is 58.0 Å². The molecule has 5 rings (SSSR count). The molecule has 6 nitrogen and oxygen atoms in total. The Morgan fingerprint density at radius 2 is 1.76 bits per heavy atom. The van der Waals surface area contributed by atoms with Crippen molar-refractivity contribution in [2.75, 3.05) is 19.7 Å². The summed E-state index contributed by atoms with van der Waals surface area (Å²) in [6.45, 7) is 6.52. The van der Waals surface area contributed by atoms with Crippen LogP contribution in [0, 0.1) is 5.82 Å². The van der Waals surface area contributed by atoms with Gasteiger partial charge < -0.3 is 19.8 Å². The van der Waals surface area contributed by atoms with Crippen LogP contribution in [0.1, 0.15) is 62.4 Å². The van der Waals surface area contributed by atoms with Gasteiger partial charge >= 0.3 is 6.09 Å². The molecule has 1 amide bonds. The molecule has 0 bridgehead atoms. The average Bonchev–Trinajstić information content (AvgIpc) is 3.33. The predicted octanol–water partition coefficient (Wildman–Crippen LogP) is 8.04. The topological polar surface area (TPSA) is 66.6 Å². The van der Waals surface area contributed by atoms with Gasteiger partial charge in [0.25, 0.3) is 0 Å². The van der Waals surface area contributed by atoms with Gasteiger partial charge in [0.1, 0.15) is 23.4 Å². The number of ether oxygens (including phenoxy) is 2. The highest BCUT2D eigenvalue weighted by atomic mass is 35.5. The van der Waals surface area contributed by atoms with E-state index in [9.17, 15) is 9.18 Å². The van der Waals surface area contributed by atoms with E-state index in [1.807, 2.05) is 42.5 Å². The van der Waals surface area contributed by atoms with Crippen molar-refractivity contribution in [1.29, 1.82) is 0 Å². The Labute approximate surface area is 245 Å². The van der Waals surface area contributed by atoms with Gasteiger partial charge in [-0.3, -0.25) is 4.90 Å². The molecule has 41 heavy (non-hydrogen) atoms. The van der Waals surface area contributed by atoms with Gasteiger partial charge in [-0.25, -0.2) is 9.18 Å². The number of carbonyl (C=O) groups is 1. The normalized spacial score (nSPS) is 14.9. The lowest BCUT2D eigenvalue weighted by Crippen LogP contribution is -2.42. The number of unbranched alkanes of at least 4 members (excludes halogenated alkanes) is 3. The van der Waals surface area contributed by atoms with Crippen molar-refractivity contribution in [1.82, 2.24) is 15.2 Å². The number of nitrogens with one attached hydrogen (secondary N) is 2. The second-order valence-corrected chi connectivity index (χ2v) is 11.3. The van der Waals surface area contributed by atoms with Gasteiger partial charge in [0.05, 0.1) is 6.61 Å². The van der Waals surface area contributed by atoms with E-state index in [1.165, 1.54) is 37.1 Å². The first-order valence-electron chi connectivity index (χ1n) is 14.4. The molecule has 1 aliphatic rings. The summed E-state index contributed by atoms with van der Waals surface area (Å²) >= 11 is 6.32. The molecule has 1 aliphatic heterocycles. The monoisotopic (exact) mass is 577 g/mol. The second kappa shape index (κ2) is 13.4. The summed E-state index contributed by atoms with van der Waals surface area (Å²) in [5.41, 5.74) is 3.98. The van der Waals surface area contributed by atoms with E-state index in [2.05, 4.69) is 24.1 Å². The number of carbonyl (C=O) groups excluding carboxylic acids is 1. The lowest BCUT2D eigenvalue weighted by molar-refractivity contribution is 0.135. The van der Waals surface area contributed by atoms with Crippen molar-refractivity contribution >= 4 is 28.6 Å². The fraction of sp³-hybridized carbons (Fsp3) is 0.364. The van der Waals surface area contributed by atoms with Crippen LogP contribution in [0.25, 0.3) is 10.9 Å². The van der Waals surface area contributed by atoms with E-state index in [0.717, 1.165) is 52.9 Å². The molecule has 1 aromatic heterocycles. The third-order valence-electron chi connectivity index (χ3n) is 7.43. The first kappa shape index (κ1) is 29.0. The van der Waals surface area contributed by atoms with E-state index in [4.69, 9.17) is 21.1 Å².